The van der Waals surface area contributed by atoms with Crippen molar-refractivity contribution in [2.24, 2.45) is 0 Å². The zero-order valence-corrected chi connectivity index (χ0v) is 18.2. The third-order valence-electron chi connectivity index (χ3n) is 5.60. The van der Waals surface area contributed by atoms with Crippen molar-refractivity contribution >= 4 is 32.3 Å². The molecule has 6 heteroatoms. The van der Waals surface area contributed by atoms with Crippen LogP contribution in [-0.4, -0.2) is 19.7 Å². The van der Waals surface area contributed by atoms with E-state index in [1.54, 1.807) is 12.1 Å². The second kappa shape index (κ2) is 7.56. The van der Waals surface area contributed by atoms with Gasteiger partial charge in [-0.3, -0.25) is 0 Å². The highest BCUT2D eigenvalue weighted by molar-refractivity contribution is 7.89. The van der Waals surface area contributed by atoms with Crippen molar-refractivity contribution < 1.29 is 12.8 Å². The minimum atomic E-state index is -3.19. The first-order valence-corrected chi connectivity index (χ1v) is 11.9. The van der Waals surface area contributed by atoms with Crippen molar-refractivity contribution in [3.05, 3.63) is 106 Å². The van der Waals surface area contributed by atoms with Gasteiger partial charge in [0.15, 0.2) is 9.84 Å². The van der Waals surface area contributed by atoms with E-state index in [1.165, 1.54) is 18.4 Å². The molecule has 1 aromatic heterocycles. The van der Waals surface area contributed by atoms with E-state index >= 15 is 0 Å². The molecule has 0 saturated carbocycles. The highest BCUT2D eigenvalue weighted by Gasteiger charge is 2.34. The van der Waals surface area contributed by atoms with Gasteiger partial charge in [-0.1, -0.05) is 54.1 Å². The average molecular weight is 442 g/mol. The average Bonchev–Trinajstić information content (AvgIpc) is 3.13. The van der Waals surface area contributed by atoms with Gasteiger partial charge < -0.3 is 4.98 Å². The van der Waals surface area contributed by atoms with E-state index in [1.807, 2.05) is 48.7 Å². The highest BCUT2D eigenvalue weighted by Crippen LogP contribution is 2.43. The van der Waals surface area contributed by atoms with E-state index in [0.717, 1.165) is 33.2 Å². The third kappa shape index (κ3) is 3.75. The van der Waals surface area contributed by atoms with E-state index in [0.29, 0.717) is 5.02 Å². The van der Waals surface area contributed by atoms with Crippen LogP contribution in [0.4, 0.5) is 4.39 Å². The minimum Gasteiger partial charge on any atom is -0.361 e. The molecule has 3 nitrogen and oxygen atoms in total. The summed E-state index contributed by atoms with van der Waals surface area (Å²) in [6.07, 6.45) is 3.14. The van der Waals surface area contributed by atoms with Crippen LogP contribution >= 0.6 is 11.6 Å². The fraction of sp³-hybridized carbons (Fsp3) is 0.167. The van der Waals surface area contributed by atoms with Crippen LogP contribution in [0.5, 0.6) is 0 Å². The van der Waals surface area contributed by atoms with Gasteiger partial charge in [0.05, 0.1) is 5.75 Å². The fourth-order valence-electron chi connectivity index (χ4n) is 4.08. The maximum Gasteiger partial charge on any atom is 0.151 e. The molecule has 30 heavy (non-hydrogen) atoms. The van der Waals surface area contributed by atoms with Gasteiger partial charge in [0.25, 0.3) is 0 Å². The summed E-state index contributed by atoms with van der Waals surface area (Å²) in [7, 11) is -3.19. The lowest BCUT2D eigenvalue weighted by atomic mass is 9.71. The molecule has 0 aliphatic rings. The van der Waals surface area contributed by atoms with Crippen molar-refractivity contribution in [1.29, 1.82) is 0 Å². The van der Waals surface area contributed by atoms with E-state index < -0.39 is 15.3 Å². The monoisotopic (exact) mass is 441 g/mol. The van der Waals surface area contributed by atoms with Crippen molar-refractivity contribution in [2.75, 3.05) is 6.26 Å². The number of fused-ring (bicyclic) bond motifs is 1. The van der Waals surface area contributed by atoms with Gasteiger partial charge in [0.2, 0.25) is 0 Å². The van der Waals surface area contributed by atoms with Crippen LogP contribution in [0.15, 0.2) is 72.9 Å². The lowest BCUT2D eigenvalue weighted by Crippen LogP contribution is -2.25. The molecule has 0 spiro atoms. The molecule has 1 unspecified atom stereocenters. The number of halogens is 2. The Balaban J connectivity index is 1.98. The van der Waals surface area contributed by atoms with Gasteiger partial charge in [-0.15, -0.1) is 0 Å². The predicted octanol–water partition coefficient (Wildman–Crippen LogP) is 5.86. The van der Waals surface area contributed by atoms with Crippen LogP contribution in [0.3, 0.4) is 0 Å². The quantitative estimate of drug-likeness (QED) is 0.421. The summed E-state index contributed by atoms with van der Waals surface area (Å²) in [4.78, 5) is 3.28. The van der Waals surface area contributed by atoms with Gasteiger partial charge in [-0.25, -0.2) is 12.8 Å². The topological polar surface area (TPSA) is 49.9 Å². The number of benzene rings is 3. The molecule has 0 aliphatic carbocycles. The summed E-state index contributed by atoms with van der Waals surface area (Å²) >= 11 is 6.12. The second-order valence-electron chi connectivity index (χ2n) is 7.75. The molecule has 0 amide bonds. The molecule has 0 bridgehead atoms. The maximum absolute atomic E-state index is 13.7. The summed E-state index contributed by atoms with van der Waals surface area (Å²) in [6.45, 7) is 2.08. The molecule has 0 radical (unpaired) electrons. The smallest absolute Gasteiger partial charge is 0.151 e. The van der Waals surface area contributed by atoms with Crippen LogP contribution in [0.1, 0.15) is 29.2 Å². The summed E-state index contributed by atoms with van der Waals surface area (Å²) < 4.78 is 37.4. The summed E-state index contributed by atoms with van der Waals surface area (Å²) in [5, 5.41) is 1.56. The van der Waals surface area contributed by atoms with Gasteiger partial charge in [-0.05, 0) is 53.4 Å². The first-order valence-electron chi connectivity index (χ1n) is 9.48. The largest absolute Gasteiger partial charge is 0.361 e. The first-order chi connectivity index (χ1) is 14.2. The normalized spacial score (nSPS) is 14.0. The Morgan fingerprint density at radius 3 is 2.17 bits per heavy atom. The van der Waals surface area contributed by atoms with Crippen molar-refractivity contribution in [1.82, 2.24) is 4.98 Å². The number of hydrogen-bond donors (Lipinski definition) is 1. The van der Waals surface area contributed by atoms with E-state index in [-0.39, 0.29) is 11.6 Å². The minimum absolute atomic E-state index is 0.0432. The molecule has 0 fully saturated rings. The summed E-state index contributed by atoms with van der Waals surface area (Å²) in [5.41, 5.74) is 3.79. The Labute approximate surface area is 180 Å². The molecular weight excluding hydrogens is 421 g/mol. The molecular formula is C24H21ClFNO2S. The summed E-state index contributed by atoms with van der Waals surface area (Å²) in [5.74, 6) is -0.343. The van der Waals surface area contributed by atoms with Crippen LogP contribution in [0, 0.1) is 5.82 Å². The number of hydrogen-bond acceptors (Lipinski definition) is 2. The molecule has 1 atom stereocenters. The van der Waals surface area contributed by atoms with E-state index in [4.69, 9.17) is 11.6 Å². The van der Waals surface area contributed by atoms with E-state index in [2.05, 4.69) is 11.9 Å². The molecule has 4 rings (SSSR count). The number of aromatic amines is 1. The van der Waals surface area contributed by atoms with Gasteiger partial charge in [0, 0.05) is 33.8 Å². The zero-order valence-electron chi connectivity index (χ0n) is 16.6. The Morgan fingerprint density at radius 2 is 1.57 bits per heavy atom. The van der Waals surface area contributed by atoms with Gasteiger partial charge in [0.1, 0.15) is 5.82 Å². The standard InChI is InChI=1S/C24H21ClFNO2S/c1-24(17-6-10-19(25)11-7-17,18-8-12-20(26)13-9-18)22-14-27-23-16(15-30(2,28)29)4-3-5-21(22)23/h3-14,27H,15H2,1-2H3. The Bertz CT molecular complexity index is 1260. The summed E-state index contributed by atoms with van der Waals surface area (Å²) in [6, 6.07) is 19.7. The van der Waals surface area contributed by atoms with Crippen LogP contribution in [0.25, 0.3) is 10.9 Å². The molecule has 1 N–H and O–H groups in total. The number of aromatic nitrogens is 1. The number of sulfone groups is 1. The maximum atomic E-state index is 13.7. The first kappa shape index (κ1) is 20.6. The number of nitrogens with one attached hydrogen (secondary N) is 1. The Kier molecular flexibility index (Phi) is 5.20. The number of para-hydroxylation sites is 1. The molecule has 0 saturated heterocycles. The van der Waals surface area contributed by atoms with Crippen LogP contribution < -0.4 is 0 Å². The van der Waals surface area contributed by atoms with Crippen LogP contribution in [0.2, 0.25) is 5.02 Å². The number of rotatable bonds is 5. The van der Waals surface area contributed by atoms with Crippen LogP contribution in [-0.2, 0) is 21.0 Å². The molecule has 3 aromatic carbocycles. The van der Waals surface area contributed by atoms with Crippen molar-refractivity contribution in [2.45, 2.75) is 18.1 Å². The highest BCUT2D eigenvalue weighted by atomic mass is 35.5. The molecule has 0 aliphatic heterocycles. The lowest BCUT2D eigenvalue weighted by Gasteiger charge is -2.31. The fourth-order valence-corrected chi connectivity index (χ4v) is 5.01. The van der Waals surface area contributed by atoms with E-state index in [9.17, 15) is 12.8 Å². The SMILES string of the molecule is CC(c1ccc(F)cc1)(c1ccc(Cl)cc1)c1c[nH]c2c(CS(C)(=O)=O)cccc12. The molecule has 1 heterocycles. The van der Waals surface area contributed by atoms with Crippen molar-refractivity contribution in [3.63, 3.8) is 0 Å². The predicted molar refractivity (Wildman–Crippen MR) is 120 cm³/mol. The lowest BCUT2D eigenvalue weighted by molar-refractivity contribution is 0.601. The Hall–Kier alpha value is -2.63. The molecule has 154 valence electrons. The Morgan fingerprint density at radius 1 is 0.967 bits per heavy atom. The second-order valence-corrected chi connectivity index (χ2v) is 10.3. The molecule has 4 aromatic rings. The third-order valence-corrected chi connectivity index (χ3v) is 6.69. The van der Waals surface area contributed by atoms with Gasteiger partial charge >= 0.3 is 0 Å². The number of H-pyrrole nitrogens is 1. The zero-order chi connectivity index (χ0) is 21.5. The van der Waals surface area contributed by atoms with Crippen molar-refractivity contribution in [3.8, 4) is 0 Å². The van der Waals surface area contributed by atoms with Gasteiger partial charge in [-0.2, -0.15) is 0 Å².